The lowest BCUT2D eigenvalue weighted by Gasteiger charge is -2.25. The number of nitrogens with zero attached hydrogens (tertiary/aromatic N) is 1. The summed E-state index contributed by atoms with van der Waals surface area (Å²) in [4.78, 5) is 12.6. The highest BCUT2D eigenvalue weighted by Gasteiger charge is 2.28. The fourth-order valence-electron chi connectivity index (χ4n) is 2.75. The Morgan fingerprint density at radius 1 is 1.11 bits per heavy atom. The number of carbonyl (C=O) groups excluding carboxylic acids is 1. The van der Waals surface area contributed by atoms with E-state index in [0.717, 1.165) is 22.7 Å². The van der Waals surface area contributed by atoms with Crippen LogP contribution < -0.4 is 9.62 Å². The van der Waals surface area contributed by atoms with Gasteiger partial charge in [-0.2, -0.15) is 0 Å². The quantitative estimate of drug-likeness (QED) is 0.637. The van der Waals surface area contributed by atoms with E-state index in [0.29, 0.717) is 5.02 Å². The van der Waals surface area contributed by atoms with Crippen molar-refractivity contribution in [3.8, 4) is 0 Å². The molecule has 0 aromatic heterocycles. The van der Waals surface area contributed by atoms with Crippen LogP contribution in [0.15, 0.2) is 47.4 Å². The minimum absolute atomic E-state index is 0.0461. The molecule has 0 radical (unpaired) electrons. The third-order valence-electron chi connectivity index (χ3n) is 4.22. The molecule has 0 saturated heterocycles. The van der Waals surface area contributed by atoms with Gasteiger partial charge in [0.15, 0.2) is 0 Å². The molecule has 0 unspecified atom stereocenters. The second kappa shape index (κ2) is 9.63. The van der Waals surface area contributed by atoms with Gasteiger partial charge in [0.05, 0.1) is 20.6 Å². The number of sulfonamides is 1. The van der Waals surface area contributed by atoms with Gasteiger partial charge in [-0.25, -0.2) is 8.42 Å². The van der Waals surface area contributed by atoms with Crippen molar-refractivity contribution in [3.63, 3.8) is 0 Å². The zero-order valence-corrected chi connectivity index (χ0v) is 18.4. The number of benzene rings is 2. The Hall–Kier alpha value is -1.76. The Balaban J connectivity index is 2.42. The lowest BCUT2D eigenvalue weighted by Crippen LogP contribution is -2.43. The number of amides is 1. The van der Waals surface area contributed by atoms with Gasteiger partial charge in [-0.3, -0.25) is 9.10 Å². The van der Waals surface area contributed by atoms with Gasteiger partial charge in [-0.05, 0) is 50.6 Å². The van der Waals surface area contributed by atoms with Crippen LogP contribution in [0.25, 0.3) is 0 Å². The van der Waals surface area contributed by atoms with Crippen LogP contribution in [0, 0.1) is 6.92 Å². The molecule has 0 fully saturated rings. The minimum atomic E-state index is -3.97. The summed E-state index contributed by atoms with van der Waals surface area (Å²) in [5.41, 5.74) is 1.21. The zero-order valence-electron chi connectivity index (χ0n) is 16.1. The number of halogens is 2. The van der Waals surface area contributed by atoms with Crippen LogP contribution in [-0.4, -0.2) is 26.9 Å². The van der Waals surface area contributed by atoms with Gasteiger partial charge in [-0.1, -0.05) is 54.2 Å². The molecular formula is C20H24Cl2N2O3S. The Morgan fingerprint density at radius 2 is 1.75 bits per heavy atom. The monoisotopic (exact) mass is 442 g/mol. The summed E-state index contributed by atoms with van der Waals surface area (Å²) in [5, 5.41) is 3.35. The SMILES string of the molecule is CCC[C@@H](C)NC(=O)CN(c1ccc(Cl)c(Cl)c1)S(=O)(=O)c1ccc(C)cc1. The number of nitrogens with one attached hydrogen (secondary N) is 1. The first-order chi connectivity index (χ1) is 13.1. The Morgan fingerprint density at radius 3 is 2.32 bits per heavy atom. The van der Waals surface area contributed by atoms with Crippen molar-refractivity contribution in [3.05, 3.63) is 58.1 Å². The summed E-state index contributed by atoms with van der Waals surface area (Å²) in [5.74, 6) is -0.386. The maximum atomic E-state index is 13.3. The topological polar surface area (TPSA) is 66.5 Å². The van der Waals surface area contributed by atoms with Crippen molar-refractivity contribution in [2.24, 2.45) is 0 Å². The largest absolute Gasteiger partial charge is 0.352 e. The van der Waals surface area contributed by atoms with Gasteiger partial charge in [0.25, 0.3) is 10.0 Å². The lowest BCUT2D eigenvalue weighted by molar-refractivity contribution is -0.120. The molecule has 0 aliphatic carbocycles. The molecule has 2 aromatic rings. The lowest BCUT2D eigenvalue weighted by atomic mass is 10.2. The number of carbonyl (C=O) groups is 1. The van der Waals surface area contributed by atoms with Crippen LogP contribution in [0.2, 0.25) is 10.0 Å². The minimum Gasteiger partial charge on any atom is -0.352 e. The van der Waals surface area contributed by atoms with Crippen molar-refractivity contribution in [1.82, 2.24) is 5.32 Å². The third kappa shape index (κ3) is 5.63. The van der Waals surface area contributed by atoms with E-state index in [4.69, 9.17) is 23.2 Å². The Kier molecular flexibility index (Phi) is 7.75. The summed E-state index contributed by atoms with van der Waals surface area (Å²) < 4.78 is 27.6. The first-order valence-corrected chi connectivity index (χ1v) is 11.2. The van der Waals surface area contributed by atoms with Gasteiger partial charge in [-0.15, -0.1) is 0 Å². The van der Waals surface area contributed by atoms with Crippen LogP contribution in [-0.2, 0) is 14.8 Å². The van der Waals surface area contributed by atoms with Crippen LogP contribution in [0.3, 0.4) is 0 Å². The number of hydrogen-bond donors (Lipinski definition) is 1. The molecule has 28 heavy (non-hydrogen) atoms. The molecule has 8 heteroatoms. The van der Waals surface area contributed by atoms with E-state index in [1.54, 1.807) is 12.1 Å². The molecule has 1 N–H and O–H groups in total. The van der Waals surface area contributed by atoms with Gasteiger partial charge < -0.3 is 5.32 Å². The predicted octanol–water partition coefficient (Wildman–Crippen LogP) is 4.80. The highest BCUT2D eigenvalue weighted by molar-refractivity contribution is 7.92. The van der Waals surface area contributed by atoms with Gasteiger partial charge in [0.2, 0.25) is 5.91 Å². The molecule has 0 aliphatic heterocycles. The van der Waals surface area contributed by atoms with Crippen molar-refractivity contribution in [1.29, 1.82) is 0 Å². The fraction of sp³-hybridized carbons (Fsp3) is 0.350. The molecule has 152 valence electrons. The summed E-state index contributed by atoms with van der Waals surface area (Å²) in [6.45, 7) is 5.42. The second-order valence-electron chi connectivity index (χ2n) is 6.68. The highest BCUT2D eigenvalue weighted by atomic mass is 35.5. The molecule has 0 saturated carbocycles. The Labute approximate surface area is 176 Å². The third-order valence-corrected chi connectivity index (χ3v) is 6.74. The first-order valence-electron chi connectivity index (χ1n) is 8.99. The van der Waals surface area contributed by atoms with Gasteiger partial charge in [0, 0.05) is 6.04 Å². The zero-order chi connectivity index (χ0) is 20.9. The molecule has 0 bridgehead atoms. The summed E-state index contributed by atoms with van der Waals surface area (Å²) >= 11 is 12.0. The van der Waals surface area contributed by atoms with Crippen molar-refractivity contribution in [2.45, 2.75) is 44.6 Å². The van der Waals surface area contributed by atoms with Crippen LogP contribution in [0.4, 0.5) is 5.69 Å². The fourth-order valence-corrected chi connectivity index (χ4v) is 4.45. The standard InChI is InChI=1S/C20H24Cl2N2O3S/c1-4-5-15(3)23-20(25)13-24(16-8-11-18(21)19(22)12-16)28(26,27)17-9-6-14(2)7-10-17/h6-12,15H,4-5,13H2,1-3H3,(H,23,25)/t15-/m1/s1. The van der Waals surface area contributed by atoms with E-state index in [9.17, 15) is 13.2 Å². The molecule has 0 aliphatic rings. The average Bonchev–Trinajstić information content (AvgIpc) is 2.62. The summed E-state index contributed by atoms with van der Waals surface area (Å²) in [6, 6.07) is 10.9. The second-order valence-corrected chi connectivity index (χ2v) is 9.36. The molecule has 0 heterocycles. The molecular weight excluding hydrogens is 419 g/mol. The maximum absolute atomic E-state index is 13.3. The first kappa shape index (κ1) is 22.5. The van der Waals surface area contributed by atoms with Gasteiger partial charge >= 0.3 is 0 Å². The predicted molar refractivity (Wildman–Crippen MR) is 115 cm³/mol. The smallest absolute Gasteiger partial charge is 0.264 e. The molecule has 1 atom stereocenters. The normalized spacial score (nSPS) is 12.5. The summed E-state index contributed by atoms with van der Waals surface area (Å²) in [6.07, 6.45) is 1.73. The van der Waals surface area contributed by atoms with Crippen LogP contribution >= 0.6 is 23.2 Å². The number of hydrogen-bond acceptors (Lipinski definition) is 3. The van der Waals surface area contributed by atoms with E-state index in [-0.39, 0.29) is 34.1 Å². The van der Waals surface area contributed by atoms with E-state index in [1.807, 2.05) is 20.8 Å². The number of anilines is 1. The molecule has 2 rings (SSSR count). The van der Waals surface area contributed by atoms with E-state index >= 15 is 0 Å². The van der Waals surface area contributed by atoms with E-state index in [1.165, 1.54) is 30.3 Å². The number of rotatable bonds is 8. The van der Waals surface area contributed by atoms with Gasteiger partial charge in [0.1, 0.15) is 6.54 Å². The highest BCUT2D eigenvalue weighted by Crippen LogP contribution is 2.30. The Bertz CT molecular complexity index is 931. The average molecular weight is 443 g/mol. The van der Waals surface area contributed by atoms with E-state index in [2.05, 4.69) is 5.32 Å². The van der Waals surface area contributed by atoms with Crippen molar-refractivity contribution in [2.75, 3.05) is 10.8 Å². The van der Waals surface area contributed by atoms with E-state index < -0.39 is 10.0 Å². The van der Waals surface area contributed by atoms with Crippen molar-refractivity contribution < 1.29 is 13.2 Å². The summed E-state index contributed by atoms with van der Waals surface area (Å²) in [7, 11) is -3.97. The number of aryl methyl sites for hydroxylation is 1. The molecule has 1 amide bonds. The molecule has 5 nitrogen and oxygen atoms in total. The van der Waals surface area contributed by atoms with Crippen molar-refractivity contribution >= 4 is 44.8 Å². The maximum Gasteiger partial charge on any atom is 0.264 e. The molecule has 2 aromatic carbocycles. The van der Waals surface area contributed by atoms with Crippen LogP contribution in [0.5, 0.6) is 0 Å². The molecule has 0 spiro atoms. The van der Waals surface area contributed by atoms with Crippen LogP contribution in [0.1, 0.15) is 32.3 Å².